The van der Waals surface area contributed by atoms with Crippen molar-refractivity contribution in [3.63, 3.8) is 0 Å². The number of aryl methyl sites for hydroxylation is 2. The molecule has 16 heavy (non-hydrogen) atoms. The molecule has 1 aliphatic rings. The van der Waals surface area contributed by atoms with Crippen molar-refractivity contribution in [3.05, 3.63) is 47.5 Å². The second-order valence-corrected chi connectivity index (χ2v) is 4.52. The van der Waals surface area contributed by atoms with E-state index in [0.29, 0.717) is 6.04 Å². The normalized spacial score (nSPS) is 15.8. The Bertz CT molecular complexity index is 368. The molecule has 1 heteroatoms. The molecule has 0 spiro atoms. The number of rotatable bonds is 5. The monoisotopic (exact) mass is 215 g/mol. The quantitative estimate of drug-likeness (QED) is 0.742. The zero-order chi connectivity index (χ0) is 11.4. The smallest absolute Gasteiger partial charge is 0.0354 e. The number of hydrogen-bond acceptors (Lipinski definition) is 1. The molecule has 0 fully saturated rings. The Balaban J connectivity index is 2.20. The summed E-state index contributed by atoms with van der Waals surface area (Å²) in [6, 6.07) is 7.42. The Morgan fingerprint density at radius 3 is 2.94 bits per heavy atom. The zero-order valence-corrected chi connectivity index (χ0v) is 10.1. The first kappa shape index (κ1) is 11.4. The fraction of sp³-hybridized carbons (Fsp3) is 0.467. The second kappa shape index (κ2) is 5.31. The van der Waals surface area contributed by atoms with Crippen molar-refractivity contribution >= 4 is 0 Å². The number of fused-ring (bicyclic) bond motifs is 1. The Kier molecular flexibility index (Phi) is 3.79. The third-order valence-corrected chi connectivity index (χ3v) is 3.38. The van der Waals surface area contributed by atoms with Crippen molar-refractivity contribution in [3.8, 4) is 0 Å². The molecule has 0 bridgehead atoms. The van der Waals surface area contributed by atoms with Gasteiger partial charge in [-0.1, -0.05) is 31.2 Å². The molecule has 0 aliphatic heterocycles. The molecule has 1 aromatic carbocycles. The fourth-order valence-electron chi connectivity index (χ4n) is 2.56. The summed E-state index contributed by atoms with van der Waals surface area (Å²) in [5, 5.41) is 3.52. The summed E-state index contributed by atoms with van der Waals surface area (Å²) in [4.78, 5) is 0. The molecule has 2 rings (SSSR count). The van der Waals surface area contributed by atoms with E-state index in [0.717, 1.165) is 13.0 Å². The van der Waals surface area contributed by atoms with Gasteiger partial charge in [0.15, 0.2) is 0 Å². The fourth-order valence-corrected chi connectivity index (χ4v) is 2.56. The van der Waals surface area contributed by atoms with Gasteiger partial charge in [-0.3, -0.25) is 0 Å². The van der Waals surface area contributed by atoms with Gasteiger partial charge in [0.1, 0.15) is 0 Å². The molecule has 1 atom stereocenters. The maximum atomic E-state index is 3.84. The molecule has 86 valence electrons. The third-order valence-electron chi connectivity index (χ3n) is 3.38. The van der Waals surface area contributed by atoms with Crippen LogP contribution >= 0.6 is 0 Å². The minimum atomic E-state index is 0.438. The molecule has 1 nitrogen and oxygen atoms in total. The maximum Gasteiger partial charge on any atom is 0.0354 e. The van der Waals surface area contributed by atoms with E-state index in [1.54, 1.807) is 11.1 Å². The van der Waals surface area contributed by atoms with Crippen LogP contribution in [0.5, 0.6) is 0 Å². The van der Waals surface area contributed by atoms with E-state index >= 15 is 0 Å². The van der Waals surface area contributed by atoms with Crippen LogP contribution in [0.1, 0.15) is 42.5 Å². The predicted octanol–water partition coefficient (Wildman–Crippen LogP) is 3.40. The van der Waals surface area contributed by atoms with Crippen molar-refractivity contribution in [1.82, 2.24) is 5.32 Å². The molecule has 1 aromatic rings. The van der Waals surface area contributed by atoms with Crippen LogP contribution in [-0.4, -0.2) is 6.54 Å². The summed E-state index contributed by atoms with van der Waals surface area (Å²) < 4.78 is 0. The van der Waals surface area contributed by atoms with Crippen molar-refractivity contribution in [2.24, 2.45) is 0 Å². The van der Waals surface area contributed by atoms with Crippen LogP contribution < -0.4 is 5.32 Å². The lowest BCUT2D eigenvalue weighted by Gasteiger charge is -2.17. The molecular weight excluding hydrogens is 194 g/mol. The van der Waals surface area contributed by atoms with Crippen molar-refractivity contribution in [2.75, 3.05) is 6.54 Å². The van der Waals surface area contributed by atoms with Gasteiger partial charge in [0.05, 0.1) is 0 Å². The standard InChI is InChI=1S/C15H21N/c1-3-6-15(16-4-2)14-10-9-12-7-5-8-13(12)11-14/h3,9-11,15-16H,1,4-8H2,2H3. The molecule has 0 radical (unpaired) electrons. The SMILES string of the molecule is C=CCC(NCC)c1ccc2c(c1)CCC2. The van der Waals surface area contributed by atoms with Gasteiger partial charge in [-0.25, -0.2) is 0 Å². The van der Waals surface area contributed by atoms with Crippen LogP contribution in [0.15, 0.2) is 30.9 Å². The minimum absolute atomic E-state index is 0.438. The molecule has 0 saturated carbocycles. The number of hydrogen-bond donors (Lipinski definition) is 1. The van der Waals surface area contributed by atoms with E-state index in [1.165, 1.54) is 24.8 Å². The lowest BCUT2D eigenvalue weighted by molar-refractivity contribution is 0.558. The number of nitrogens with one attached hydrogen (secondary N) is 1. The Morgan fingerprint density at radius 1 is 1.38 bits per heavy atom. The van der Waals surface area contributed by atoms with Crippen LogP contribution in [0.2, 0.25) is 0 Å². The average molecular weight is 215 g/mol. The highest BCUT2D eigenvalue weighted by Gasteiger charge is 2.14. The summed E-state index contributed by atoms with van der Waals surface area (Å²) in [6.07, 6.45) is 6.86. The van der Waals surface area contributed by atoms with Crippen molar-refractivity contribution in [1.29, 1.82) is 0 Å². The van der Waals surface area contributed by atoms with E-state index in [1.807, 2.05) is 6.08 Å². The summed E-state index contributed by atoms with van der Waals surface area (Å²) in [5.41, 5.74) is 4.53. The maximum absolute atomic E-state index is 3.84. The lowest BCUT2D eigenvalue weighted by Crippen LogP contribution is -2.20. The summed E-state index contributed by atoms with van der Waals surface area (Å²) >= 11 is 0. The van der Waals surface area contributed by atoms with Gasteiger partial charge in [-0.05, 0) is 48.9 Å². The molecule has 1 N–H and O–H groups in total. The molecule has 1 aliphatic carbocycles. The average Bonchev–Trinajstić information content (AvgIpc) is 2.75. The van der Waals surface area contributed by atoms with Crippen LogP contribution in [-0.2, 0) is 12.8 Å². The Labute approximate surface area is 98.6 Å². The largest absolute Gasteiger partial charge is 0.310 e. The van der Waals surface area contributed by atoms with Crippen molar-refractivity contribution in [2.45, 2.75) is 38.6 Å². The highest BCUT2D eigenvalue weighted by molar-refractivity contribution is 5.36. The summed E-state index contributed by atoms with van der Waals surface area (Å²) in [6.45, 7) is 7.01. The summed E-state index contributed by atoms with van der Waals surface area (Å²) in [5.74, 6) is 0. The van der Waals surface area contributed by atoms with Gasteiger partial charge in [-0.15, -0.1) is 6.58 Å². The van der Waals surface area contributed by atoms with Crippen LogP contribution in [0.25, 0.3) is 0 Å². The van der Waals surface area contributed by atoms with E-state index < -0.39 is 0 Å². The minimum Gasteiger partial charge on any atom is -0.310 e. The third kappa shape index (κ3) is 2.35. The van der Waals surface area contributed by atoms with Crippen LogP contribution in [0.3, 0.4) is 0 Å². The topological polar surface area (TPSA) is 12.0 Å². The zero-order valence-electron chi connectivity index (χ0n) is 10.1. The van der Waals surface area contributed by atoms with E-state index in [-0.39, 0.29) is 0 Å². The van der Waals surface area contributed by atoms with Crippen LogP contribution in [0.4, 0.5) is 0 Å². The first-order chi connectivity index (χ1) is 7.85. The molecule has 1 unspecified atom stereocenters. The predicted molar refractivity (Wildman–Crippen MR) is 69.7 cm³/mol. The molecule has 0 amide bonds. The van der Waals surface area contributed by atoms with E-state index in [9.17, 15) is 0 Å². The highest BCUT2D eigenvalue weighted by atomic mass is 14.9. The molecule has 0 heterocycles. The van der Waals surface area contributed by atoms with Gasteiger partial charge in [-0.2, -0.15) is 0 Å². The first-order valence-corrected chi connectivity index (χ1v) is 6.31. The first-order valence-electron chi connectivity index (χ1n) is 6.31. The Morgan fingerprint density at radius 2 is 2.19 bits per heavy atom. The van der Waals surface area contributed by atoms with Crippen molar-refractivity contribution < 1.29 is 0 Å². The van der Waals surface area contributed by atoms with Crippen LogP contribution in [0, 0.1) is 0 Å². The highest BCUT2D eigenvalue weighted by Crippen LogP contribution is 2.26. The van der Waals surface area contributed by atoms with E-state index in [2.05, 4.69) is 37.0 Å². The van der Waals surface area contributed by atoms with E-state index in [4.69, 9.17) is 0 Å². The van der Waals surface area contributed by atoms with Gasteiger partial charge < -0.3 is 5.32 Å². The van der Waals surface area contributed by atoms with Gasteiger partial charge in [0.25, 0.3) is 0 Å². The van der Waals surface area contributed by atoms with Gasteiger partial charge in [0, 0.05) is 6.04 Å². The lowest BCUT2D eigenvalue weighted by atomic mass is 9.99. The molecule has 0 aromatic heterocycles. The summed E-state index contributed by atoms with van der Waals surface area (Å²) in [7, 11) is 0. The Hall–Kier alpha value is -1.08. The van der Waals surface area contributed by atoms with Gasteiger partial charge in [0.2, 0.25) is 0 Å². The number of benzene rings is 1. The van der Waals surface area contributed by atoms with Gasteiger partial charge >= 0.3 is 0 Å². The molecule has 0 saturated heterocycles. The molecular formula is C15H21N. The second-order valence-electron chi connectivity index (χ2n) is 4.52.